The summed E-state index contributed by atoms with van der Waals surface area (Å²) >= 11 is 0. The Morgan fingerprint density at radius 2 is 2.00 bits per heavy atom. The summed E-state index contributed by atoms with van der Waals surface area (Å²) in [5.41, 5.74) is 3.05. The van der Waals surface area contributed by atoms with E-state index >= 15 is 0 Å². The predicted octanol–water partition coefficient (Wildman–Crippen LogP) is -0.292. The van der Waals surface area contributed by atoms with Gasteiger partial charge in [-0.3, -0.25) is 14.9 Å². The molecule has 1 atom stereocenters. The first-order valence-electron chi connectivity index (χ1n) is 5.81. The van der Waals surface area contributed by atoms with E-state index in [2.05, 4.69) is 5.32 Å². The van der Waals surface area contributed by atoms with Crippen LogP contribution in [0.15, 0.2) is 23.1 Å². The van der Waals surface area contributed by atoms with Crippen molar-refractivity contribution in [1.82, 2.24) is 5.32 Å². The number of fused-ring (bicyclic) bond motifs is 1. The number of rotatable bonds is 4. The van der Waals surface area contributed by atoms with Crippen molar-refractivity contribution in [3.05, 3.63) is 29.3 Å². The third-order valence-corrected chi connectivity index (χ3v) is 4.50. The molecule has 0 bridgehead atoms. The van der Waals surface area contributed by atoms with Crippen molar-refractivity contribution in [2.24, 2.45) is 5.73 Å². The Bertz CT molecular complexity index is 733. The van der Waals surface area contributed by atoms with Crippen LogP contribution in [-0.4, -0.2) is 32.8 Å². The molecule has 3 N–H and O–H groups in total. The number of ketones is 1. The first-order valence-corrected chi connectivity index (χ1v) is 7.70. The zero-order chi connectivity index (χ0) is 16.0. The molecule has 1 aliphatic heterocycles. The van der Waals surface area contributed by atoms with E-state index in [1.54, 1.807) is 0 Å². The van der Waals surface area contributed by atoms with Crippen LogP contribution < -0.4 is 11.1 Å². The molecule has 1 aliphatic rings. The maximum Gasteiger partial charge on any atom is 0.298 e. The second-order valence-electron chi connectivity index (χ2n) is 4.72. The standard InChI is InChI=1S/C12H12F2N2O4S/c1-21(19,20)7-2-3-8-6(4-7)5-16-12(8,11(15)18)9(17)10(13)14/h2-4,10,16H,5H2,1H3,(H2,15,18). The molecule has 0 saturated heterocycles. The highest BCUT2D eigenvalue weighted by Gasteiger charge is 2.53. The first kappa shape index (κ1) is 15.5. The van der Waals surface area contributed by atoms with Crippen molar-refractivity contribution in [3.8, 4) is 0 Å². The first-order chi connectivity index (χ1) is 9.60. The molecule has 0 fully saturated rings. The highest BCUT2D eigenvalue weighted by atomic mass is 32.2. The molecule has 0 aliphatic carbocycles. The largest absolute Gasteiger partial charge is 0.367 e. The van der Waals surface area contributed by atoms with Crippen molar-refractivity contribution < 1.29 is 26.8 Å². The summed E-state index contributed by atoms with van der Waals surface area (Å²) in [6.45, 7) is -0.111. The second kappa shape index (κ2) is 4.85. The number of benzene rings is 1. The number of Topliss-reactive ketones (excluding diaryl/α,β-unsaturated/α-hetero) is 1. The van der Waals surface area contributed by atoms with Crippen molar-refractivity contribution in [2.75, 3.05) is 6.26 Å². The molecule has 0 saturated carbocycles. The third-order valence-electron chi connectivity index (χ3n) is 3.39. The maximum atomic E-state index is 12.8. The number of hydrogen-bond acceptors (Lipinski definition) is 5. The topological polar surface area (TPSA) is 106 Å². The Morgan fingerprint density at radius 3 is 2.48 bits per heavy atom. The summed E-state index contributed by atoms with van der Waals surface area (Å²) in [4.78, 5) is 23.3. The number of nitrogens with one attached hydrogen (secondary N) is 1. The van der Waals surface area contributed by atoms with E-state index in [0.29, 0.717) is 0 Å². The van der Waals surface area contributed by atoms with E-state index in [1.165, 1.54) is 6.07 Å². The molecule has 0 radical (unpaired) electrons. The van der Waals surface area contributed by atoms with Gasteiger partial charge >= 0.3 is 0 Å². The minimum Gasteiger partial charge on any atom is -0.367 e. The molecular formula is C12H12F2N2O4S. The van der Waals surface area contributed by atoms with Crippen molar-refractivity contribution >= 4 is 21.5 Å². The monoisotopic (exact) mass is 318 g/mol. The zero-order valence-electron chi connectivity index (χ0n) is 10.9. The van der Waals surface area contributed by atoms with Gasteiger partial charge < -0.3 is 5.73 Å². The summed E-state index contributed by atoms with van der Waals surface area (Å²) < 4.78 is 48.5. The van der Waals surface area contributed by atoms with Crippen LogP contribution in [-0.2, 0) is 31.5 Å². The normalized spacial score (nSPS) is 21.3. The maximum absolute atomic E-state index is 12.8. The van der Waals surface area contributed by atoms with Gasteiger partial charge in [0, 0.05) is 12.8 Å². The van der Waals surface area contributed by atoms with E-state index < -0.39 is 33.5 Å². The number of hydrogen-bond donors (Lipinski definition) is 2. The molecule has 9 heteroatoms. The van der Waals surface area contributed by atoms with Crippen molar-refractivity contribution in [2.45, 2.75) is 23.4 Å². The summed E-state index contributed by atoms with van der Waals surface area (Å²) in [7, 11) is -3.50. The fraction of sp³-hybridized carbons (Fsp3) is 0.333. The van der Waals surface area contributed by atoms with Gasteiger partial charge in [0.2, 0.25) is 11.7 Å². The number of carbonyl (C=O) groups excluding carboxylic acids is 2. The van der Waals surface area contributed by atoms with E-state index in [1.807, 2.05) is 0 Å². The molecule has 0 spiro atoms. The lowest BCUT2D eigenvalue weighted by Crippen LogP contribution is -2.56. The Kier molecular flexibility index (Phi) is 3.58. The molecule has 1 aromatic rings. The van der Waals surface area contributed by atoms with Gasteiger partial charge in [-0.25, -0.2) is 17.2 Å². The molecule has 0 aromatic heterocycles. The zero-order valence-corrected chi connectivity index (χ0v) is 11.7. The van der Waals surface area contributed by atoms with Gasteiger partial charge in [0.15, 0.2) is 15.4 Å². The van der Waals surface area contributed by atoms with Crippen LogP contribution >= 0.6 is 0 Å². The summed E-state index contributed by atoms with van der Waals surface area (Å²) in [5, 5.41) is 2.40. The Labute approximate surface area is 119 Å². The average Bonchev–Trinajstić information content (AvgIpc) is 2.76. The lowest BCUT2D eigenvalue weighted by molar-refractivity contribution is -0.143. The molecule has 2 rings (SSSR count). The minimum absolute atomic E-state index is 0.0344. The second-order valence-corrected chi connectivity index (χ2v) is 6.74. The number of sulfone groups is 1. The van der Waals surface area contributed by atoms with Gasteiger partial charge in [-0.2, -0.15) is 0 Å². The molecule has 6 nitrogen and oxygen atoms in total. The number of primary amides is 1. The number of alkyl halides is 2. The third kappa shape index (κ3) is 2.32. The average molecular weight is 318 g/mol. The van der Waals surface area contributed by atoms with Crippen LogP contribution in [0.1, 0.15) is 11.1 Å². The quantitative estimate of drug-likeness (QED) is 0.742. The molecule has 114 valence electrons. The van der Waals surface area contributed by atoms with Gasteiger partial charge in [0.25, 0.3) is 6.43 Å². The molecule has 21 heavy (non-hydrogen) atoms. The number of carbonyl (C=O) groups is 2. The van der Waals surface area contributed by atoms with Crippen LogP contribution in [0.25, 0.3) is 0 Å². The highest BCUT2D eigenvalue weighted by molar-refractivity contribution is 7.90. The van der Waals surface area contributed by atoms with Crippen LogP contribution in [0.3, 0.4) is 0 Å². The summed E-state index contributed by atoms with van der Waals surface area (Å²) in [5.74, 6) is -2.90. The fourth-order valence-corrected chi connectivity index (χ4v) is 3.03. The van der Waals surface area contributed by atoms with Gasteiger partial charge in [-0.15, -0.1) is 0 Å². The van der Waals surface area contributed by atoms with Crippen LogP contribution in [0.4, 0.5) is 8.78 Å². The van der Waals surface area contributed by atoms with Gasteiger partial charge in [-0.05, 0) is 23.3 Å². The van der Waals surface area contributed by atoms with Crippen LogP contribution in [0.5, 0.6) is 0 Å². The van der Waals surface area contributed by atoms with Gasteiger partial charge in [-0.1, -0.05) is 6.07 Å². The lowest BCUT2D eigenvalue weighted by atomic mass is 9.85. The fourth-order valence-electron chi connectivity index (χ4n) is 2.36. The number of halogens is 2. The summed E-state index contributed by atoms with van der Waals surface area (Å²) in [6.07, 6.45) is -2.39. The number of nitrogens with two attached hydrogens (primary N) is 1. The molecule has 1 amide bonds. The van der Waals surface area contributed by atoms with Gasteiger partial charge in [0.1, 0.15) is 0 Å². The predicted molar refractivity (Wildman–Crippen MR) is 68.3 cm³/mol. The van der Waals surface area contributed by atoms with E-state index in [-0.39, 0.29) is 22.6 Å². The minimum atomic E-state index is -3.50. The molecule has 1 heterocycles. The van der Waals surface area contributed by atoms with E-state index in [0.717, 1.165) is 18.4 Å². The van der Waals surface area contributed by atoms with Crippen LogP contribution in [0.2, 0.25) is 0 Å². The lowest BCUT2D eigenvalue weighted by Gasteiger charge is -2.25. The summed E-state index contributed by atoms with van der Waals surface area (Å²) in [6, 6.07) is 3.55. The van der Waals surface area contributed by atoms with E-state index in [4.69, 9.17) is 5.73 Å². The SMILES string of the molecule is CS(=O)(=O)c1ccc2c(c1)CNC2(C(N)=O)C(=O)C(F)F. The van der Waals surface area contributed by atoms with E-state index in [9.17, 15) is 26.8 Å². The van der Waals surface area contributed by atoms with Crippen molar-refractivity contribution in [1.29, 1.82) is 0 Å². The molecule has 1 aromatic carbocycles. The highest BCUT2D eigenvalue weighted by Crippen LogP contribution is 2.35. The molecule has 1 unspecified atom stereocenters. The molecular weight excluding hydrogens is 306 g/mol. The smallest absolute Gasteiger partial charge is 0.298 e. The van der Waals surface area contributed by atoms with Crippen molar-refractivity contribution in [3.63, 3.8) is 0 Å². The van der Waals surface area contributed by atoms with Gasteiger partial charge in [0.05, 0.1) is 4.90 Å². The van der Waals surface area contributed by atoms with Crippen LogP contribution in [0, 0.1) is 0 Å². The Hall–Kier alpha value is -1.87. The Balaban J connectivity index is 2.64. The number of amides is 1. The Morgan fingerprint density at radius 1 is 1.38 bits per heavy atom.